The van der Waals surface area contributed by atoms with Gasteiger partial charge in [0.15, 0.2) is 0 Å². The summed E-state index contributed by atoms with van der Waals surface area (Å²) in [4.78, 5) is 12.2. The topological polar surface area (TPSA) is 46.4 Å². The number of nitrogens with one attached hydrogen (secondary N) is 1. The molecular weight excluding hydrogens is 391 g/mol. The largest absolute Gasteiger partial charge is 0.416 e. The second-order valence-electron chi connectivity index (χ2n) is 6.61. The van der Waals surface area contributed by atoms with Crippen LogP contribution in [0, 0.1) is 0 Å². The van der Waals surface area contributed by atoms with Crippen molar-refractivity contribution in [2.75, 3.05) is 0 Å². The fraction of sp³-hybridized carbons (Fsp3) is 0.0435. The average molecular weight is 407 g/mol. The van der Waals surface area contributed by atoms with Gasteiger partial charge in [-0.25, -0.2) is 5.43 Å². The number of nitrogens with zero attached hydrogens (tertiary/aromatic N) is 2. The summed E-state index contributed by atoms with van der Waals surface area (Å²) >= 11 is 0. The number of carbonyl (C=O) groups excluding carboxylic acids is 1. The van der Waals surface area contributed by atoms with Crippen LogP contribution in [0.3, 0.4) is 0 Å². The number of halogens is 3. The maximum absolute atomic E-state index is 12.8. The fourth-order valence-corrected chi connectivity index (χ4v) is 3.12. The standard InChI is InChI=1S/C23H16F3N3O/c24-23(25,26)19-8-3-7-18(13-19)22(30)28-27-15-21-9-4-12-29(21)20-11-10-16-5-1-2-6-17(16)14-20/h1-15H,(H,28,30)/b27-15+. The molecule has 1 amide bonds. The van der Waals surface area contributed by atoms with Crippen LogP contribution in [0.2, 0.25) is 0 Å². The van der Waals surface area contributed by atoms with E-state index in [0.29, 0.717) is 5.69 Å². The van der Waals surface area contributed by atoms with Gasteiger partial charge in [0.25, 0.3) is 5.91 Å². The van der Waals surface area contributed by atoms with Gasteiger partial charge in [-0.15, -0.1) is 0 Å². The molecule has 0 saturated heterocycles. The van der Waals surface area contributed by atoms with Gasteiger partial charge in [0.1, 0.15) is 0 Å². The molecule has 4 aromatic rings. The van der Waals surface area contributed by atoms with Crippen molar-refractivity contribution < 1.29 is 18.0 Å². The van der Waals surface area contributed by atoms with Gasteiger partial charge in [0, 0.05) is 17.4 Å². The van der Waals surface area contributed by atoms with E-state index in [2.05, 4.69) is 10.5 Å². The van der Waals surface area contributed by atoms with E-state index < -0.39 is 17.6 Å². The Morgan fingerprint density at radius 1 is 0.900 bits per heavy atom. The Hall–Kier alpha value is -3.87. The first-order valence-corrected chi connectivity index (χ1v) is 9.09. The van der Waals surface area contributed by atoms with E-state index in [-0.39, 0.29) is 5.56 Å². The van der Waals surface area contributed by atoms with Gasteiger partial charge in [-0.05, 0) is 53.2 Å². The third kappa shape index (κ3) is 4.10. The number of hydrogen-bond donors (Lipinski definition) is 1. The molecule has 150 valence electrons. The lowest BCUT2D eigenvalue weighted by molar-refractivity contribution is -0.137. The quantitative estimate of drug-likeness (QED) is 0.357. The van der Waals surface area contributed by atoms with Crippen LogP contribution < -0.4 is 5.43 Å². The Balaban J connectivity index is 1.52. The smallest absolute Gasteiger partial charge is 0.316 e. The number of hydrazone groups is 1. The molecule has 4 nitrogen and oxygen atoms in total. The van der Waals surface area contributed by atoms with Crippen LogP contribution in [0.5, 0.6) is 0 Å². The predicted molar refractivity (Wildman–Crippen MR) is 110 cm³/mol. The van der Waals surface area contributed by atoms with E-state index in [1.54, 1.807) is 0 Å². The SMILES string of the molecule is O=C(N/N=C/c1cccn1-c1ccc2ccccc2c1)c1cccc(C(F)(F)F)c1. The maximum Gasteiger partial charge on any atom is 0.416 e. The summed E-state index contributed by atoms with van der Waals surface area (Å²) in [6.07, 6.45) is -1.21. The normalized spacial score (nSPS) is 11.8. The minimum absolute atomic E-state index is 0.119. The molecule has 1 N–H and O–H groups in total. The first kappa shape index (κ1) is 19.4. The molecule has 7 heteroatoms. The lowest BCUT2D eigenvalue weighted by Crippen LogP contribution is -2.18. The van der Waals surface area contributed by atoms with Crippen LogP contribution >= 0.6 is 0 Å². The van der Waals surface area contributed by atoms with Gasteiger partial charge in [-0.1, -0.05) is 36.4 Å². The molecule has 0 atom stereocenters. The Bertz CT molecular complexity index is 1240. The molecule has 0 spiro atoms. The summed E-state index contributed by atoms with van der Waals surface area (Å²) in [6, 6.07) is 21.9. The van der Waals surface area contributed by atoms with E-state index in [1.165, 1.54) is 18.3 Å². The zero-order valence-corrected chi connectivity index (χ0v) is 15.6. The van der Waals surface area contributed by atoms with Crippen molar-refractivity contribution in [1.29, 1.82) is 0 Å². The van der Waals surface area contributed by atoms with E-state index in [1.807, 2.05) is 65.4 Å². The molecule has 1 heterocycles. The Morgan fingerprint density at radius 3 is 2.50 bits per heavy atom. The molecule has 0 fully saturated rings. The average Bonchev–Trinajstić information content (AvgIpc) is 3.21. The fourth-order valence-electron chi connectivity index (χ4n) is 3.12. The van der Waals surface area contributed by atoms with Gasteiger partial charge >= 0.3 is 6.18 Å². The number of benzene rings is 3. The van der Waals surface area contributed by atoms with Crippen molar-refractivity contribution in [3.8, 4) is 5.69 Å². The van der Waals surface area contributed by atoms with Gasteiger partial charge in [-0.2, -0.15) is 18.3 Å². The second-order valence-corrected chi connectivity index (χ2v) is 6.61. The zero-order valence-electron chi connectivity index (χ0n) is 15.6. The predicted octanol–water partition coefficient (Wildman–Crippen LogP) is 5.41. The molecule has 0 aliphatic heterocycles. The Labute approximate surface area is 170 Å². The van der Waals surface area contributed by atoms with E-state index in [9.17, 15) is 18.0 Å². The molecule has 0 saturated carbocycles. The number of hydrogen-bond acceptors (Lipinski definition) is 2. The molecule has 0 aliphatic rings. The summed E-state index contributed by atoms with van der Waals surface area (Å²) in [5.41, 5.74) is 2.89. The number of fused-ring (bicyclic) bond motifs is 1. The molecule has 0 radical (unpaired) electrons. The van der Waals surface area contributed by atoms with Gasteiger partial charge in [0.05, 0.1) is 17.5 Å². The molecule has 1 aromatic heterocycles. The van der Waals surface area contributed by atoms with E-state index >= 15 is 0 Å². The molecule has 0 aliphatic carbocycles. The van der Waals surface area contributed by atoms with Crippen LogP contribution in [-0.2, 0) is 6.18 Å². The highest BCUT2D eigenvalue weighted by atomic mass is 19.4. The van der Waals surface area contributed by atoms with Gasteiger partial charge < -0.3 is 4.57 Å². The number of aromatic nitrogens is 1. The highest BCUT2D eigenvalue weighted by Gasteiger charge is 2.30. The number of amides is 1. The molecule has 0 unspecified atom stereocenters. The Kier molecular flexibility index (Phi) is 5.10. The van der Waals surface area contributed by atoms with Crippen molar-refractivity contribution in [2.45, 2.75) is 6.18 Å². The minimum Gasteiger partial charge on any atom is -0.316 e. The monoisotopic (exact) mass is 407 g/mol. The first-order valence-electron chi connectivity index (χ1n) is 9.09. The lowest BCUT2D eigenvalue weighted by Gasteiger charge is -2.08. The van der Waals surface area contributed by atoms with Crippen molar-refractivity contribution in [1.82, 2.24) is 9.99 Å². The van der Waals surface area contributed by atoms with Crippen LogP contribution in [-0.4, -0.2) is 16.7 Å². The van der Waals surface area contributed by atoms with Crippen molar-refractivity contribution in [2.24, 2.45) is 5.10 Å². The first-order chi connectivity index (χ1) is 14.4. The van der Waals surface area contributed by atoms with Crippen LogP contribution in [0.1, 0.15) is 21.6 Å². The molecule has 3 aromatic carbocycles. The Morgan fingerprint density at radius 2 is 1.70 bits per heavy atom. The van der Waals surface area contributed by atoms with Gasteiger partial charge in [-0.3, -0.25) is 4.79 Å². The van der Waals surface area contributed by atoms with Crippen LogP contribution in [0.25, 0.3) is 16.5 Å². The zero-order chi connectivity index (χ0) is 21.1. The summed E-state index contributed by atoms with van der Waals surface area (Å²) in [7, 11) is 0. The third-order valence-electron chi connectivity index (χ3n) is 4.61. The van der Waals surface area contributed by atoms with Crippen molar-refractivity contribution in [3.05, 3.63) is 102 Å². The van der Waals surface area contributed by atoms with Gasteiger partial charge in [0.2, 0.25) is 0 Å². The molecular formula is C23H16F3N3O. The molecule has 0 bridgehead atoms. The highest BCUT2D eigenvalue weighted by molar-refractivity contribution is 5.95. The lowest BCUT2D eigenvalue weighted by atomic mass is 10.1. The number of carbonyl (C=O) groups is 1. The highest BCUT2D eigenvalue weighted by Crippen LogP contribution is 2.29. The summed E-state index contributed by atoms with van der Waals surface area (Å²) < 4.78 is 40.3. The maximum atomic E-state index is 12.8. The van der Waals surface area contributed by atoms with Crippen LogP contribution in [0.4, 0.5) is 13.2 Å². The second kappa shape index (κ2) is 7.87. The van der Waals surface area contributed by atoms with Crippen molar-refractivity contribution in [3.63, 3.8) is 0 Å². The van der Waals surface area contributed by atoms with Crippen LogP contribution in [0.15, 0.2) is 90.2 Å². The summed E-state index contributed by atoms with van der Waals surface area (Å²) in [5.74, 6) is -0.721. The van der Waals surface area contributed by atoms with E-state index in [0.717, 1.165) is 28.6 Å². The molecule has 4 rings (SSSR count). The van der Waals surface area contributed by atoms with E-state index in [4.69, 9.17) is 0 Å². The summed E-state index contributed by atoms with van der Waals surface area (Å²) in [5, 5.41) is 6.11. The minimum atomic E-state index is -4.51. The number of rotatable bonds is 4. The molecule has 30 heavy (non-hydrogen) atoms. The summed E-state index contributed by atoms with van der Waals surface area (Å²) in [6.45, 7) is 0. The number of alkyl halides is 3. The van der Waals surface area contributed by atoms with Crippen molar-refractivity contribution >= 4 is 22.9 Å². The third-order valence-corrected chi connectivity index (χ3v) is 4.61.